The number of benzene rings is 3. The highest BCUT2D eigenvalue weighted by molar-refractivity contribution is 9.10. The lowest BCUT2D eigenvalue weighted by atomic mass is 10.1. The van der Waals surface area contributed by atoms with E-state index in [1.807, 2.05) is 6.07 Å². The molecule has 26 heavy (non-hydrogen) atoms. The minimum absolute atomic E-state index is 0.112. The van der Waals surface area contributed by atoms with Crippen LogP contribution in [0.4, 0.5) is 11.4 Å². The van der Waals surface area contributed by atoms with E-state index in [2.05, 4.69) is 26.6 Å². The SMILES string of the molecule is O=C(Nc1cccc(NC(=O)c2cc(Br)ccc2O)c1)c1ccccc1. The van der Waals surface area contributed by atoms with Gasteiger partial charge in [0.2, 0.25) is 0 Å². The predicted octanol–water partition coefficient (Wildman–Crippen LogP) is 4.66. The molecule has 0 atom stereocenters. The van der Waals surface area contributed by atoms with Crippen molar-refractivity contribution in [3.8, 4) is 5.75 Å². The predicted molar refractivity (Wildman–Crippen MR) is 105 cm³/mol. The third-order valence-electron chi connectivity index (χ3n) is 3.62. The molecule has 5 nitrogen and oxygen atoms in total. The first-order chi connectivity index (χ1) is 12.5. The van der Waals surface area contributed by atoms with Gasteiger partial charge in [0.15, 0.2) is 0 Å². The van der Waals surface area contributed by atoms with Gasteiger partial charge in [0.25, 0.3) is 11.8 Å². The largest absolute Gasteiger partial charge is 0.507 e. The third-order valence-corrected chi connectivity index (χ3v) is 4.11. The zero-order valence-electron chi connectivity index (χ0n) is 13.6. The molecule has 0 unspecified atom stereocenters. The maximum atomic E-state index is 12.4. The maximum absolute atomic E-state index is 12.4. The molecule has 3 N–H and O–H groups in total. The molecule has 0 bridgehead atoms. The summed E-state index contributed by atoms with van der Waals surface area (Å²) >= 11 is 3.27. The van der Waals surface area contributed by atoms with Crippen molar-refractivity contribution >= 4 is 39.1 Å². The summed E-state index contributed by atoms with van der Waals surface area (Å²) in [5.74, 6) is -0.798. The van der Waals surface area contributed by atoms with Crippen LogP contribution in [-0.2, 0) is 0 Å². The molecule has 130 valence electrons. The van der Waals surface area contributed by atoms with Crippen molar-refractivity contribution in [1.29, 1.82) is 0 Å². The van der Waals surface area contributed by atoms with Gasteiger partial charge in [-0.2, -0.15) is 0 Å². The number of hydrogen-bond acceptors (Lipinski definition) is 3. The second-order valence-electron chi connectivity index (χ2n) is 5.52. The average molecular weight is 411 g/mol. The van der Waals surface area contributed by atoms with Gasteiger partial charge in [-0.3, -0.25) is 9.59 Å². The fraction of sp³-hybridized carbons (Fsp3) is 0. The highest BCUT2D eigenvalue weighted by atomic mass is 79.9. The molecule has 2 amide bonds. The van der Waals surface area contributed by atoms with E-state index in [9.17, 15) is 14.7 Å². The highest BCUT2D eigenvalue weighted by Gasteiger charge is 2.12. The Bertz CT molecular complexity index is 958. The molecule has 0 spiro atoms. The molecule has 0 aliphatic heterocycles. The molecule has 0 saturated carbocycles. The number of aromatic hydroxyl groups is 1. The van der Waals surface area contributed by atoms with Crippen LogP contribution in [-0.4, -0.2) is 16.9 Å². The van der Waals surface area contributed by atoms with E-state index < -0.39 is 5.91 Å². The zero-order chi connectivity index (χ0) is 18.5. The Morgan fingerprint density at radius 3 is 2.12 bits per heavy atom. The van der Waals surface area contributed by atoms with Crippen LogP contribution < -0.4 is 10.6 Å². The molecular weight excluding hydrogens is 396 g/mol. The van der Waals surface area contributed by atoms with Crippen LogP contribution in [0.3, 0.4) is 0 Å². The summed E-state index contributed by atoms with van der Waals surface area (Å²) in [6.07, 6.45) is 0. The minimum atomic E-state index is -0.449. The van der Waals surface area contributed by atoms with Gasteiger partial charge in [-0.25, -0.2) is 0 Å². The number of halogens is 1. The normalized spacial score (nSPS) is 10.2. The molecule has 3 aromatic carbocycles. The topological polar surface area (TPSA) is 78.4 Å². The smallest absolute Gasteiger partial charge is 0.259 e. The van der Waals surface area contributed by atoms with Crippen LogP contribution in [0.2, 0.25) is 0 Å². The van der Waals surface area contributed by atoms with Gasteiger partial charge in [-0.15, -0.1) is 0 Å². The quantitative estimate of drug-likeness (QED) is 0.585. The number of phenolic OH excluding ortho intramolecular Hbond substituents is 1. The Kier molecular flexibility index (Phi) is 5.34. The van der Waals surface area contributed by atoms with E-state index in [4.69, 9.17) is 0 Å². The Hall–Kier alpha value is -3.12. The minimum Gasteiger partial charge on any atom is -0.507 e. The molecular formula is C20H15BrN2O3. The lowest BCUT2D eigenvalue weighted by molar-refractivity contribution is 0.101. The highest BCUT2D eigenvalue weighted by Crippen LogP contribution is 2.24. The summed E-state index contributed by atoms with van der Waals surface area (Å²) in [4.78, 5) is 24.6. The van der Waals surface area contributed by atoms with Crippen molar-refractivity contribution in [2.45, 2.75) is 0 Å². The lowest BCUT2D eigenvalue weighted by Gasteiger charge is -2.10. The number of rotatable bonds is 4. The van der Waals surface area contributed by atoms with Crippen LogP contribution in [0.25, 0.3) is 0 Å². The Balaban J connectivity index is 1.74. The van der Waals surface area contributed by atoms with Gasteiger partial charge in [0.05, 0.1) is 5.56 Å². The standard InChI is InChI=1S/C20H15BrN2O3/c21-14-9-10-18(24)17(11-14)20(26)23-16-8-4-7-15(12-16)22-19(25)13-5-2-1-3-6-13/h1-12,24H,(H,22,25)(H,23,26). The first-order valence-electron chi connectivity index (χ1n) is 7.79. The molecule has 3 rings (SSSR count). The van der Waals surface area contributed by atoms with Gasteiger partial charge >= 0.3 is 0 Å². The molecule has 0 aliphatic rings. The fourth-order valence-corrected chi connectivity index (χ4v) is 2.72. The summed E-state index contributed by atoms with van der Waals surface area (Å²) in [5, 5.41) is 15.3. The maximum Gasteiger partial charge on any atom is 0.259 e. The van der Waals surface area contributed by atoms with Crippen molar-refractivity contribution in [2.75, 3.05) is 10.6 Å². The molecule has 0 heterocycles. The van der Waals surface area contributed by atoms with Crippen molar-refractivity contribution in [3.05, 3.63) is 88.4 Å². The number of carbonyl (C=O) groups excluding carboxylic acids is 2. The first-order valence-corrected chi connectivity index (χ1v) is 8.58. The summed E-state index contributed by atoms with van der Waals surface area (Å²) in [6.45, 7) is 0. The number of nitrogens with one attached hydrogen (secondary N) is 2. The van der Waals surface area contributed by atoms with Crippen molar-refractivity contribution in [3.63, 3.8) is 0 Å². The third kappa shape index (κ3) is 4.29. The second-order valence-corrected chi connectivity index (χ2v) is 6.43. The van der Waals surface area contributed by atoms with Crippen molar-refractivity contribution in [2.24, 2.45) is 0 Å². The van der Waals surface area contributed by atoms with Gasteiger partial charge in [-0.1, -0.05) is 40.2 Å². The van der Waals surface area contributed by atoms with E-state index in [0.29, 0.717) is 21.4 Å². The number of carbonyl (C=O) groups is 2. The molecule has 3 aromatic rings. The van der Waals surface area contributed by atoms with Gasteiger partial charge in [-0.05, 0) is 48.5 Å². The molecule has 6 heteroatoms. The Labute approximate surface area is 158 Å². The molecule has 0 aromatic heterocycles. The molecule has 0 saturated heterocycles. The summed E-state index contributed by atoms with van der Waals surface area (Å²) in [5.41, 5.74) is 1.74. The van der Waals surface area contributed by atoms with Crippen LogP contribution in [0, 0.1) is 0 Å². The second kappa shape index (κ2) is 7.84. The lowest BCUT2D eigenvalue weighted by Crippen LogP contribution is -2.14. The van der Waals surface area contributed by atoms with Crippen LogP contribution in [0.15, 0.2) is 77.3 Å². The summed E-state index contributed by atoms with van der Waals surface area (Å²) in [6, 6.07) is 20.3. The molecule has 0 fully saturated rings. The number of amides is 2. The van der Waals surface area contributed by atoms with Crippen molar-refractivity contribution in [1.82, 2.24) is 0 Å². The summed E-state index contributed by atoms with van der Waals surface area (Å²) < 4.78 is 0.685. The first kappa shape index (κ1) is 17.7. The summed E-state index contributed by atoms with van der Waals surface area (Å²) in [7, 11) is 0. The zero-order valence-corrected chi connectivity index (χ0v) is 15.2. The Morgan fingerprint density at radius 1 is 0.769 bits per heavy atom. The van der Waals surface area contributed by atoms with Crippen LogP contribution >= 0.6 is 15.9 Å². The number of anilines is 2. The van der Waals surface area contributed by atoms with E-state index in [0.717, 1.165) is 0 Å². The van der Waals surface area contributed by atoms with Crippen LogP contribution in [0.1, 0.15) is 20.7 Å². The Morgan fingerprint density at radius 2 is 1.42 bits per heavy atom. The monoisotopic (exact) mass is 410 g/mol. The number of phenols is 1. The van der Waals surface area contributed by atoms with Crippen LogP contribution in [0.5, 0.6) is 5.75 Å². The molecule has 0 radical (unpaired) electrons. The average Bonchev–Trinajstić information content (AvgIpc) is 2.64. The fourth-order valence-electron chi connectivity index (χ4n) is 2.36. The van der Waals surface area contributed by atoms with E-state index in [1.54, 1.807) is 54.6 Å². The van der Waals surface area contributed by atoms with Gasteiger partial charge in [0.1, 0.15) is 5.75 Å². The number of hydrogen-bond donors (Lipinski definition) is 3. The van der Waals surface area contributed by atoms with Gasteiger partial charge < -0.3 is 15.7 Å². The van der Waals surface area contributed by atoms with E-state index >= 15 is 0 Å². The molecule has 0 aliphatic carbocycles. The van der Waals surface area contributed by atoms with E-state index in [-0.39, 0.29) is 17.2 Å². The van der Waals surface area contributed by atoms with Gasteiger partial charge in [0, 0.05) is 21.4 Å². The van der Waals surface area contributed by atoms with E-state index in [1.165, 1.54) is 12.1 Å². The van der Waals surface area contributed by atoms with Crippen molar-refractivity contribution < 1.29 is 14.7 Å².